The lowest BCUT2D eigenvalue weighted by Crippen LogP contribution is -2.41. The van der Waals surface area contributed by atoms with Crippen LogP contribution in [0.2, 0.25) is 0 Å². The van der Waals surface area contributed by atoms with Crippen LogP contribution in [0.1, 0.15) is 24.9 Å². The van der Waals surface area contributed by atoms with E-state index in [-0.39, 0.29) is 24.4 Å². The number of benzene rings is 3. The van der Waals surface area contributed by atoms with E-state index in [2.05, 4.69) is 10.2 Å². The van der Waals surface area contributed by atoms with Crippen LogP contribution in [0.3, 0.4) is 0 Å². The molecule has 0 bridgehead atoms. The fraction of sp³-hybridized carbons (Fsp3) is 0.231. The van der Waals surface area contributed by atoms with E-state index in [4.69, 9.17) is 0 Å². The highest BCUT2D eigenvalue weighted by molar-refractivity contribution is 6.06. The fourth-order valence-electron chi connectivity index (χ4n) is 4.04. The van der Waals surface area contributed by atoms with Gasteiger partial charge in [0.2, 0.25) is 11.8 Å². The van der Waals surface area contributed by atoms with Gasteiger partial charge in [-0.3, -0.25) is 9.59 Å². The number of hydrogen-bond donors (Lipinski definition) is 1. The molecule has 5 heteroatoms. The molecule has 1 aliphatic heterocycles. The van der Waals surface area contributed by atoms with Gasteiger partial charge < -0.3 is 15.1 Å². The summed E-state index contributed by atoms with van der Waals surface area (Å²) in [6.45, 7) is 2.55. The van der Waals surface area contributed by atoms with Crippen LogP contribution >= 0.6 is 0 Å². The molecule has 0 fully saturated rings. The molecule has 2 amide bonds. The van der Waals surface area contributed by atoms with Gasteiger partial charge in [0.15, 0.2) is 0 Å². The van der Waals surface area contributed by atoms with Crippen molar-refractivity contribution in [2.24, 2.45) is 0 Å². The molecule has 31 heavy (non-hydrogen) atoms. The van der Waals surface area contributed by atoms with E-state index in [1.807, 2.05) is 92.8 Å². The monoisotopic (exact) mass is 413 g/mol. The molecule has 0 saturated heterocycles. The van der Waals surface area contributed by atoms with Crippen molar-refractivity contribution in [2.75, 3.05) is 29.9 Å². The highest BCUT2D eigenvalue weighted by Crippen LogP contribution is 2.40. The zero-order valence-electron chi connectivity index (χ0n) is 17.9. The van der Waals surface area contributed by atoms with Crippen molar-refractivity contribution < 1.29 is 9.59 Å². The largest absolute Gasteiger partial charge is 0.372 e. The van der Waals surface area contributed by atoms with E-state index >= 15 is 0 Å². The van der Waals surface area contributed by atoms with Crippen LogP contribution in [-0.2, 0) is 9.59 Å². The van der Waals surface area contributed by atoms with Gasteiger partial charge in [-0.25, -0.2) is 0 Å². The lowest BCUT2D eigenvalue weighted by atomic mass is 10.0. The van der Waals surface area contributed by atoms with Crippen molar-refractivity contribution >= 4 is 23.2 Å². The highest BCUT2D eigenvalue weighted by Gasteiger charge is 2.29. The molecule has 0 radical (unpaired) electrons. The van der Waals surface area contributed by atoms with Crippen LogP contribution in [0.4, 0.5) is 11.4 Å². The lowest BCUT2D eigenvalue weighted by molar-refractivity contribution is -0.124. The standard InChI is InChI=1S/C26H27N3O2/c1-19(20-10-5-3-6-11-20)27-24(30)18-29-25(31)16-17-28(2)23-15-9-14-22(26(23)29)21-12-7-4-8-13-21/h3-15,19H,16-18H2,1-2H3,(H,27,30)/t19-/m0/s1. The molecule has 1 aliphatic rings. The van der Waals surface area contributed by atoms with Crippen LogP contribution in [0.15, 0.2) is 78.9 Å². The van der Waals surface area contributed by atoms with Crippen molar-refractivity contribution in [3.05, 3.63) is 84.4 Å². The van der Waals surface area contributed by atoms with Crippen LogP contribution in [0, 0.1) is 0 Å². The Morgan fingerprint density at radius 2 is 1.65 bits per heavy atom. The molecule has 3 aromatic carbocycles. The molecule has 0 saturated carbocycles. The summed E-state index contributed by atoms with van der Waals surface area (Å²) in [6, 6.07) is 25.7. The number of para-hydroxylation sites is 1. The van der Waals surface area contributed by atoms with Gasteiger partial charge in [-0.05, 0) is 24.1 Å². The van der Waals surface area contributed by atoms with Gasteiger partial charge in [-0.15, -0.1) is 0 Å². The van der Waals surface area contributed by atoms with Crippen molar-refractivity contribution in [1.82, 2.24) is 5.32 Å². The van der Waals surface area contributed by atoms with Gasteiger partial charge in [-0.1, -0.05) is 72.8 Å². The first-order valence-corrected chi connectivity index (χ1v) is 10.6. The zero-order valence-corrected chi connectivity index (χ0v) is 17.9. The molecular formula is C26H27N3O2. The summed E-state index contributed by atoms with van der Waals surface area (Å²) in [5, 5.41) is 3.04. The van der Waals surface area contributed by atoms with E-state index in [1.54, 1.807) is 4.90 Å². The van der Waals surface area contributed by atoms with E-state index in [0.717, 1.165) is 28.1 Å². The number of nitrogens with zero attached hydrogens (tertiary/aromatic N) is 2. The Hall–Kier alpha value is -3.60. The Kier molecular flexibility index (Phi) is 6.03. The number of amides is 2. The predicted octanol–water partition coefficient (Wildman–Crippen LogP) is 4.40. The molecule has 3 aromatic rings. The molecule has 0 aromatic heterocycles. The minimum absolute atomic E-state index is 0.0132. The van der Waals surface area contributed by atoms with Crippen LogP contribution in [0.5, 0.6) is 0 Å². The predicted molar refractivity (Wildman–Crippen MR) is 125 cm³/mol. The number of carbonyl (C=O) groups is 2. The Balaban J connectivity index is 1.67. The summed E-state index contributed by atoms with van der Waals surface area (Å²) in [5.41, 5.74) is 4.75. The maximum absolute atomic E-state index is 13.1. The molecule has 0 spiro atoms. The Bertz CT molecular complexity index is 1070. The first-order chi connectivity index (χ1) is 15.0. The average molecular weight is 414 g/mol. The molecule has 1 heterocycles. The van der Waals surface area contributed by atoms with E-state index < -0.39 is 0 Å². The molecular weight excluding hydrogens is 386 g/mol. The molecule has 1 atom stereocenters. The van der Waals surface area contributed by atoms with Gasteiger partial charge in [0, 0.05) is 25.6 Å². The first kappa shape index (κ1) is 20.7. The van der Waals surface area contributed by atoms with Gasteiger partial charge in [0.05, 0.1) is 17.4 Å². The summed E-state index contributed by atoms with van der Waals surface area (Å²) in [6.07, 6.45) is 0.362. The third-order valence-corrected chi connectivity index (χ3v) is 5.72. The second kappa shape index (κ2) is 9.04. The van der Waals surface area contributed by atoms with E-state index in [9.17, 15) is 9.59 Å². The third kappa shape index (κ3) is 4.45. The molecule has 0 aliphatic carbocycles. The zero-order chi connectivity index (χ0) is 21.8. The summed E-state index contributed by atoms with van der Waals surface area (Å²) in [7, 11) is 1.99. The second-order valence-electron chi connectivity index (χ2n) is 7.89. The lowest BCUT2D eigenvalue weighted by Gasteiger charge is -2.27. The topological polar surface area (TPSA) is 52.7 Å². The van der Waals surface area contributed by atoms with E-state index in [0.29, 0.717) is 13.0 Å². The molecule has 4 rings (SSSR count). The Labute approximate surface area is 183 Å². The molecule has 1 N–H and O–H groups in total. The van der Waals surface area contributed by atoms with Gasteiger partial charge in [-0.2, -0.15) is 0 Å². The SMILES string of the molecule is C[C@H](NC(=O)CN1C(=O)CCN(C)c2cccc(-c3ccccc3)c21)c1ccccc1. The van der Waals surface area contributed by atoms with Crippen molar-refractivity contribution in [2.45, 2.75) is 19.4 Å². The van der Waals surface area contributed by atoms with Gasteiger partial charge >= 0.3 is 0 Å². The van der Waals surface area contributed by atoms with Crippen LogP contribution < -0.4 is 15.1 Å². The Morgan fingerprint density at radius 1 is 0.968 bits per heavy atom. The maximum atomic E-state index is 13.1. The number of carbonyl (C=O) groups excluding carboxylic acids is 2. The van der Waals surface area contributed by atoms with Crippen molar-refractivity contribution in [3.8, 4) is 11.1 Å². The van der Waals surface area contributed by atoms with Crippen LogP contribution in [-0.4, -0.2) is 32.0 Å². The minimum Gasteiger partial charge on any atom is -0.372 e. The molecule has 0 unspecified atom stereocenters. The normalized spacial score (nSPS) is 14.6. The van der Waals surface area contributed by atoms with Crippen molar-refractivity contribution in [1.29, 1.82) is 0 Å². The second-order valence-corrected chi connectivity index (χ2v) is 7.89. The van der Waals surface area contributed by atoms with E-state index in [1.165, 1.54) is 0 Å². The van der Waals surface area contributed by atoms with Gasteiger partial charge in [0.25, 0.3) is 0 Å². The number of nitrogens with one attached hydrogen (secondary N) is 1. The third-order valence-electron chi connectivity index (χ3n) is 5.72. The Morgan fingerprint density at radius 3 is 2.35 bits per heavy atom. The quantitative estimate of drug-likeness (QED) is 0.674. The summed E-state index contributed by atoms with van der Waals surface area (Å²) in [4.78, 5) is 29.8. The maximum Gasteiger partial charge on any atom is 0.240 e. The molecule has 5 nitrogen and oxygen atoms in total. The van der Waals surface area contributed by atoms with Crippen LogP contribution in [0.25, 0.3) is 11.1 Å². The average Bonchev–Trinajstić information content (AvgIpc) is 2.92. The van der Waals surface area contributed by atoms with Gasteiger partial charge in [0.1, 0.15) is 6.54 Å². The smallest absolute Gasteiger partial charge is 0.240 e. The number of anilines is 2. The highest BCUT2D eigenvalue weighted by atomic mass is 16.2. The number of fused-ring (bicyclic) bond motifs is 1. The fourth-order valence-corrected chi connectivity index (χ4v) is 4.04. The number of hydrogen-bond acceptors (Lipinski definition) is 3. The molecule has 158 valence electrons. The number of rotatable bonds is 5. The van der Waals surface area contributed by atoms with Crippen molar-refractivity contribution in [3.63, 3.8) is 0 Å². The first-order valence-electron chi connectivity index (χ1n) is 10.6. The summed E-state index contributed by atoms with van der Waals surface area (Å²) >= 11 is 0. The minimum atomic E-state index is -0.178. The summed E-state index contributed by atoms with van der Waals surface area (Å²) in [5.74, 6) is -0.223. The summed E-state index contributed by atoms with van der Waals surface area (Å²) < 4.78 is 0.